The van der Waals surface area contributed by atoms with Gasteiger partial charge in [0.1, 0.15) is 5.75 Å². The molecular weight excluding hydrogens is 258 g/mol. The van der Waals surface area contributed by atoms with Crippen LogP contribution < -0.4 is 4.74 Å². The fraction of sp³-hybridized carbons (Fsp3) is 0.533. The maximum absolute atomic E-state index is 10.9. The van der Waals surface area contributed by atoms with E-state index in [9.17, 15) is 9.90 Å². The number of likely N-dealkylation sites (tertiary alicyclic amines) is 1. The van der Waals surface area contributed by atoms with Crippen LogP contribution in [-0.2, 0) is 4.79 Å². The summed E-state index contributed by atoms with van der Waals surface area (Å²) in [5, 5.41) is 19.2. The zero-order valence-electron chi connectivity index (χ0n) is 11.7. The van der Waals surface area contributed by atoms with Gasteiger partial charge in [-0.1, -0.05) is 12.1 Å². The maximum atomic E-state index is 10.9. The first-order chi connectivity index (χ1) is 9.60. The van der Waals surface area contributed by atoms with Crippen molar-refractivity contribution in [1.29, 1.82) is 0 Å². The van der Waals surface area contributed by atoms with Gasteiger partial charge >= 0.3 is 5.97 Å². The number of aliphatic hydroxyl groups excluding tert-OH is 1. The van der Waals surface area contributed by atoms with Gasteiger partial charge in [0.15, 0.2) is 0 Å². The molecule has 0 amide bonds. The summed E-state index contributed by atoms with van der Waals surface area (Å²) in [7, 11) is 1.60. The second kappa shape index (κ2) is 6.72. The summed E-state index contributed by atoms with van der Waals surface area (Å²) < 4.78 is 5.15. The van der Waals surface area contributed by atoms with Crippen LogP contribution in [0.5, 0.6) is 5.75 Å². The highest BCUT2D eigenvalue weighted by molar-refractivity contribution is 5.70. The van der Waals surface area contributed by atoms with E-state index in [1.165, 1.54) is 0 Å². The van der Waals surface area contributed by atoms with E-state index in [0.717, 1.165) is 24.4 Å². The normalized spacial score (nSPS) is 18.7. The molecule has 1 aromatic rings. The Morgan fingerprint density at radius 2 is 2.15 bits per heavy atom. The van der Waals surface area contributed by atoms with Gasteiger partial charge in [-0.15, -0.1) is 0 Å². The molecule has 1 aliphatic heterocycles. The van der Waals surface area contributed by atoms with Gasteiger partial charge < -0.3 is 19.8 Å². The predicted octanol–water partition coefficient (Wildman–Crippen LogP) is 1.53. The second-order valence-electron chi connectivity index (χ2n) is 5.21. The Bertz CT molecular complexity index is 455. The highest BCUT2D eigenvalue weighted by atomic mass is 16.5. The third-order valence-corrected chi connectivity index (χ3v) is 3.85. The monoisotopic (exact) mass is 279 g/mol. The van der Waals surface area contributed by atoms with Gasteiger partial charge in [-0.25, -0.2) is 0 Å². The van der Waals surface area contributed by atoms with E-state index >= 15 is 0 Å². The van der Waals surface area contributed by atoms with Crippen molar-refractivity contribution in [1.82, 2.24) is 4.90 Å². The van der Waals surface area contributed by atoms with Gasteiger partial charge in [0.25, 0.3) is 0 Å². The first-order valence-corrected chi connectivity index (χ1v) is 6.87. The van der Waals surface area contributed by atoms with Crippen LogP contribution in [0.4, 0.5) is 0 Å². The van der Waals surface area contributed by atoms with Crippen LogP contribution in [0.3, 0.4) is 0 Å². The fourth-order valence-corrected chi connectivity index (χ4v) is 2.56. The van der Waals surface area contributed by atoms with Crippen molar-refractivity contribution >= 4 is 5.97 Å². The van der Waals surface area contributed by atoms with Gasteiger partial charge in [0, 0.05) is 6.54 Å². The number of nitrogens with zero attached hydrogens (tertiary/aromatic N) is 1. The standard InChI is InChI=1S/C15H21NO4/c1-20-13-4-2-3-12(9-13)14(17)10-16-7-5-11(6-8-16)15(18)19/h2-4,9,11,14,17H,5-8,10H2,1H3,(H,18,19). The third-order valence-electron chi connectivity index (χ3n) is 3.85. The molecule has 1 aromatic carbocycles. The van der Waals surface area contributed by atoms with Gasteiger partial charge in [0.2, 0.25) is 0 Å². The van der Waals surface area contributed by atoms with E-state index in [-0.39, 0.29) is 5.92 Å². The maximum Gasteiger partial charge on any atom is 0.306 e. The smallest absolute Gasteiger partial charge is 0.306 e. The number of aliphatic hydroxyl groups is 1. The van der Waals surface area contributed by atoms with Crippen molar-refractivity contribution in [2.75, 3.05) is 26.7 Å². The first kappa shape index (κ1) is 14.8. The molecule has 0 radical (unpaired) electrons. The minimum Gasteiger partial charge on any atom is -0.497 e. The average Bonchev–Trinajstić information content (AvgIpc) is 2.47. The van der Waals surface area contributed by atoms with Gasteiger partial charge in [-0.2, -0.15) is 0 Å². The van der Waals surface area contributed by atoms with E-state index in [1.807, 2.05) is 24.3 Å². The predicted molar refractivity (Wildman–Crippen MR) is 74.8 cm³/mol. The molecular formula is C15H21NO4. The Balaban J connectivity index is 1.88. The molecule has 0 saturated carbocycles. The lowest BCUT2D eigenvalue weighted by Gasteiger charge is -2.31. The quantitative estimate of drug-likeness (QED) is 0.855. The lowest BCUT2D eigenvalue weighted by Crippen LogP contribution is -2.38. The summed E-state index contributed by atoms with van der Waals surface area (Å²) in [5.41, 5.74) is 0.824. The van der Waals surface area contributed by atoms with E-state index in [0.29, 0.717) is 19.4 Å². The van der Waals surface area contributed by atoms with Crippen LogP contribution >= 0.6 is 0 Å². The highest BCUT2D eigenvalue weighted by Gasteiger charge is 2.25. The minimum atomic E-state index is -0.710. The summed E-state index contributed by atoms with van der Waals surface area (Å²) in [4.78, 5) is 13.0. The van der Waals surface area contributed by atoms with Crippen molar-refractivity contribution in [3.05, 3.63) is 29.8 Å². The van der Waals surface area contributed by atoms with E-state index in [2.05, 4.69) is 4.90 Å². The Kier molecular flexibility index (Phi) is 4.98. The summed E-state index contributed by atoms with van der Waals surface area (Å²) in [6.45, 7) is 1.97. The van der Waals surface area contributed by atoms with Crippen LogP contribution in [0, 0.1) is 5.92 Å². The lowest BCUT2D eigenvalue weighted by atomic mass is 9.96. The highest BCUT2D eigenvalue weighted by Crippen LogP contribution is 2.23. The zero-order chi connectivity index (χ0) is 14.5. The molecule has 20 heavy (non-hydrogen) atoms. The molecule has 1 atom stereocenters. The topological polar surface area (TPSA) is 70.0 Å². The minimum absolute atomic E-state index is 0.236. The molecule has 0 spiro atoms. The number of rotatable bonds is 5. The lowest BCUT2D eigenvalue weighted by molar-refractivity contribution is -0.143. The number of carboxylic acid groups (broad SMARTS) is 1. The summed E-state index contributed by atoms with van der Waals surface area (Å²) in [5.74, 6) is -0.218. The van der Waals surface area contributed by atoms with Crippen molar-refractivity contribution in [3.63, 3.8) is 0 Å². The number of β-amino-alcohol motifs (C(OH)–C–C–N with tert-alkyl or cyclic N) is 1. The van der Waals surface area contributed by atoms with Crippen molar-refractivity contribution in [2.24, 2.45) is 5.92 Å². The molecule has 1 saturated heterocycles. The van der Waals surface area contributed by atoms with E-state index in [1.54, 1.807) is 7.11 Å². The van der Waals surface area contributed by atoms with Crippen LogP contribution in [-0.4, -0.2) is 47.8 Å². The number of hydrogen-bond donors (Lipinski definition) is 2. The molecule has 0 aliphatic carbocycles. The Morgan fingerprint density at radius 1 is 1.45 bits per heavy atom. The van der Waals surface area contributed by atoms with E-state index < -0.39 is 12.1 Å². The fourth-order valence-electron chi connectivity index (χ4n) is 2.56. The van der Waals surface area contributed by atoms with Crippen molar-refractivity contribution < 1.29 is 19.7 Å². The second-order valence-corrected chi connectivity index (χ2v) is 5.21. The molecule has 0 aromatic heterocycles. The number of ether oxygens (including phenoxy) is 1. The molecule has 110 valence electrons. The molecule has 5 nitrogen and oxygen atoms in total. The number of carboxylic acids is 1. The van der Waals surface area contributed by atoms with Crippen LogP contribution in [0.1, 0.15) is 24.5 Å². The molecule has 5 heteroatoms. The SMILES string of the molecule is COc1cccc(C(O)CN2CCC(C(=O)O)CC2)c1. The third kappa shape index (κ3) is 3.71. The van der Waals surface area contributed by atoms with Gasteiger partial charge in [-0.3, -0.25) is 4.79 Å². The van der Waals surface area contributed by atoms with Gasteiger partial charge in [0.05, 0.1) is 19.1 Å². The average molecular weight is 279 g/mol. The summed E-state index contributed by atoms with van der Waals surface area (Å²) in [6.07, 6.45) is 0.729. The molecule has 1 fully saturated rings. The van der Waals surface area contributed by atoms with Crippen molar-refractivity contribution in [3.8, 4) is 5.75 Å². The van der Waals surface area contributed by atoms with Crippen LogP contribution in [0.15, 0.2) is 24.3 Å². The molecule has 2 N–H and O–H groups in total. The molecule has 0 bridgehead atoms. The zero-order valence-corrected chi connectivity index (χ0v) is 11.7. The van der Waals surface area contributed by atoms with E-state index in [4.69, 9.17) is 9.84 Å². The number of methoxy groups -OCH3 is 1. The molecule has 1 unspecified atom stereocenters. The Hall–Kier alpha value is -1.59. The number of aliphatic carboxylic acids is 1. The number of piperidine rings is 1. The molecule has 2 rings (SSSR count). The van der Waals surface area contributed by atoms with Crippen molar-refractivity contribution in [2.45, 2.75) is 18.9 Å². The number of carbonyl (C=O) groups is 1. The summed E-state index contributed by atoms with van der Waals surface area (Å²) in [6, 6.07) is 7.40. The Morgan fingerprint density at radius 3 is 2.75 bits per heavy atom. The van der Waals surface area contributed by atoms with Crippen LogP contribution in [0.25, 0.3) is 0 Å². The number of benzene rings is 1. The van der Waals surface area contributed by atoms with Crippen LogP contribution in [0.2, 0.25) is 0 Å². The molecule has 1 heterocycles. The largest absolute Gasteiger partial charge is 0.497 e. The molecule has 1 aliphatic rings. The summed E-state index contributed by atoms with van der Waals surface area (Å²) >= 11 is 0. The van der Waals surface area contributed by atoms with Gasteiger partial charge in [-0.05, 0) is 43.6 Å². The first-order valence-electron chi connectivity index (χ1n) is 6.87. The Labute approximate surface area is 118 Å². The number of hydrogen-bond acceptors (Lipinski definition) is 4.